The number of nitrogens with zero attached hydrogens (tertiary/aromatic N) is 2. The lowest BCUT2D eigenvalue weighted by Crippen LogP contribution is -2.51. The van der Waals surface area contributed by atoms with Crippen LogP contribution in [0.15, 0.2) is 35.4 Å². The van der Waals surface area contributed by atoms with Gasteiger partial charge in [0.1, 0.15) is 10.0 Å². The molecule has 122 valence electrons. The lowest BCUT2D eigenvalue weighted by molar-refractivity contribution is -0.795. The maximum absolute atomic E-state index is 13.5. The summed E-state index contributed by atoms with van der Waals surface area (Å²) in [6, 6.07) is 7.38. The highest BCUT2D eigenvalue weighted by molar-refractivity contribution is 7.86. The van der Waals surface area contributed by atoms with E-state index in [4.69, 9.17) is 11.6 Å². The van der Waals surface area contributed by atoms with Crippen LogP contribution in [0.4, 0.5) is 0 Å². The number of benzene rings is 1. The van der Waals surface area contributed by atoms with Gasteiger partial charge in [0.25, 0.3) is 0 Å². The minimum atomic E-state index is -3.48. The number of fused-ring (bicyclic) bond motifs is 1. The van der Waals surface area contributed by atoms with Crippen molar-refractivity contribution in [1.29, 1.82) is 0 Å². The van der Waals surface area contributed by atoms with E-state index >= 15 is 0 Å². The second-order valence-electron chi connectivity index (χ2n) is 6.77. The van der Waals surface area contributed by atoms with Crippen LogP contribution >= 0.6 is 11.6 Å². The minimum absolute atomic E-state index is 0.199. The molecule has 2 aromatic rings. The van der Waals surface area contributed by atoms with E-state index in [9.17, 15) is 8.42 Å². The Labute approximate surface area is 141 Å². The van der Waals surface area contributed by atoms with Gasteiger partial charge in [-0.1, -0.05) is 35.9 Å². The van der Waals surface area contributed by atoms with Crippen LogP contribution in [0.2, 0.25) is 5.15 Å². The lowest BCUT2D eigenvalue weighted by atomic mass is 10.2. The van der Waals surface area contributed by atoms with Crippen LogP contribution in [0.25, 0.3) is 10.8 Å². The molecule has 6 heteroatoms. The third kappa shape index (κ3) is 2.46. The number of quaternary nitrogens is 1. The summed E-state index contributed by atoms with van der Waals surface area (Å²) in [4.78, 5) is 4.48. The smallest absolute Gasteiger partial charge is 0.242 e. The molecule has 0 atom stereocenters. The summed E-state index contributed by atoms with van der Waals surface area (Å²) in [5.41, 5.74) is 0. The van der Waals surface area contributed by atoms with Crippen molar-refractivity contribution in [2.75, 3.05) is 19.6 Å². The summed E-state index contributed by atoms with van der Waals surface area (Å²) in [6.45, 7) is 2.19. The van der Waals surface area contributed by atoms with Gasteiger partial charge in [-0.2, -0.15) is 8.42 Å². The Morgan fingerprint density at radius 1 is 1.13 bits per heavy atom. The molecule has 0 bridgehead atoms. The van der Waals surface area contributed by atoms with E-state index in [1.165, 1.54) is 6.20 Å². The average molecular weight is 352 g/mol. The molecule has 2 heterocycles. The van der Waals surface area contributed by atoms with Crippen LogP contribution in [0.3, 0.4) is 0 Å². The molecule has 1 aliphatic carbocycles. The normalized spacial score (nSPS) is 20.9. The standard InChI is InChI=1S/C17H20ClN2O2S/c18-17-15-6-2-1-5-14(15)16(11-19-17)23(21,22)20(9-3-4-10-20)12-13-7-8-13/h1-2,5-6,11,13H,3-4,7-10,12H2/q+1. The first-order chi connectivity index (χ1) is 11.0. The highest BCUT2D eigenvalue weighted by Crippen LogP contribution is 2.40. The van der Waals surface area contributed by atoms with E-state index in [1.807, 2.05) is 24.3 Å². The number of sulfonamides is 1. The zero-order valence-electron chi connectivity index (χ0n) is 12.9. The molecular formula is C17H20ClN2O2S+. The van der Waals surface area contributed by atoms with Crippen LogP contribution in [0.5, 0.6) is 0 Å². The Kier molecular flexibility index (Phi) is 3.63. The molecule has 0 spiro atoms. The third-order valence-corrected chi connectivity index (χ3v) is 7.88. The molecule has 1 aromatic carbocycles. The molecule has 2 fully saturated rings. The van der Waals surface area contributed by atoms with Crippen molar-refractivity contribution in [3.8, 4) is 0 Å². The SMILES string of the molecule is O=S(=O)(c1cnc(Cl)c2ccccc12)[N+]1(CC2CC2)CCCC1. The molecule has 23 heavy (non-hydrogen) atoms. The highest BCUT2D eigenvalue weighted by atomic mass is 35.5. The maximum atomic E-state index is 13.5. The monoisotopic (exact) mass is 351 g/mol. The van der Waals surface area contributed by atoms with Gasteiger partial charge in [0.15, 0.2) is 0 Å². The van der Waals surface area contributed by atoms with Crippen LogP contribution in [0.1, 0.15) is 25.7 Å². The summed E-state index contributed by atoms with van der Waals surface area (Å²) >= 11 is 6.16. The van der Waals surface area contributed by atoms with Crippen LogP contribution in [0, 0.1) is 5.92 Å². The topological polar surface area (TPSA) is 47.0 Å². The summed E-state index contributed by atoms with van der Waals surface area (Å²) in [5.74, 6) is 0.564. The van der Waals surface area contributed by atoms with Crippen LogP contribution < -0.4 is 0 Å². The molecule has 4 nitrogen and oxygen atoms in total. The third-order valence-electron chi connectivity index (χ3n) is 5.17. The van der Waals surface area contributed by atoms with Crippen LogP contribution in [-0.2, 0) is 10.0 Å². The van der Waals surface area contributed by atoms with Crippen molar-refractivity contribution >= 4 is 32.4 Å². The first-order valence-corrected chi connectivity index (χ1v) is 10.00. The number of pyridine rings is 1. The molecule has 0 unspecified atom stereocenters. The van der Waals surface area contributed by atoms with E-state index in [-0.39, 0.29) is 3.89 Å². The molecule has 0 amide bonds. The molecule has 4 rings (SSSR count). The van der Waals surface area contributed by atoms with E-state index in [1.54, 1.807) is 0 Å². The van der Waals surface area contributed by atoms with Gasteiger partial charge in [0, 0.05) is 29.5 Å². The van der Waals surface area contributed by atoms with E-state index in [2.05, 4.69) is 4.98 Å². The molecule has 2 aliphatic rings. The fourth-order valence-electron chi connectivity index (χ4n) is 3.75. The predicted molar refractivity (Wildman–Crippen MR) is 90.8 cm³/mol. The predicted octanol–water partition coefficient (Wildman–Crippen LogP) is 3.60. The highest BCUT2D eigenvalue weighted by Gasteiger charge is 2.49. The van der Waals surface area contributed by atoms with E-state index in [0.717, 1.165) is 45.3 Å². The largest absolute Gasteiger partial charge is 0.329 e. The van der Waals surface area contributed by atoms with E-state index < -0.39 is 10.0 Å². The molecule has 1 saturated heterocycles. The Hall–Kier alpha value is -1.17. The van der Waals surface area contributed by atoms with Crippen molar-refractivity contribution < 1.29 is 12.3 Å². The van der Waals surface area contributed by atoms with Gasteiger partial charge >= 0.3 is 10.0 Å². The fraction of sp³-hybridized carbons (Fsp3) is 0.471. The number of hydrogen-bond acceptors (Lipinski definition) is 3. The number of likely N-dealkylation sites (tertiary alicyclic amines) is 1. The molecule has 1 aromatic heterocycles. The lowest BCUT2D eigenvalue weighted by Gasteiger charge is -2.33. The zero-order valence-corrected chi connectivity index (χ0v) is 14.5. The molecule has 1 aliphatic heterocycles. The fourth-order valence-corrected chi connectivity index (χ4v) is 6.17. The molecular weight excluding hydrogens is 332 g/mol. The zero-order chi connectivity index (χ0) is 16.1. The van der Waals surface area contributed by atoms with Crippen LogP contribution in [-0.4, -0.2) is 36.9 Å². The Bertz CT molecular complexity index is 856. The van der Waals surface area contributed by atoms with Gasteiger partial charge < -0.3 is 0 Å². The Morgan fingerprint density at radius 3 is 2.43 bits per heavy atom. The van der Waals surface area contributed by atoms with Crippen molar-refractivity contribution in [3.05, 3.63) is 35.6 Å². The summed E-state index contributed by atoms with van der Waals surface area (Å²) in [5, 5.41) is 1.75. The molecule has 0 N–H and O–H groups in total. The average Bonchev–Trinajstić information content (AvgIpc) is 3.21. The first kappa shape index (κ1) is 15.4. The van der Waals surface area contributed by atoms with Gasteiger partial charge in [0.05, 0.1) is 25.8 Å². The minimum Gasteiger partial charge on any atom is -0.242 e. The summed E-state index contributed by atoms with van der Waals surface area (Å²) in [7, 11) is -3.48. The Morgan fingerprint density at radius 2 is 1.78 bits per heavy atom. The van der Waals surface area contributed by atoms with Gasteiger partial charge in [0.2, 0.25) is 0 Å². The van der Waals surface area contributed by atoms with Crippen molar-refractivity contribution in [2.24, 2.45) is 5.92 Å². The van der Waals surface area contributed by atoms with Crippen molar-refractivity contribution in [2.45, 2.75) is 30.6 Å². The molecule has 1 saturated carbocycles. The first-order valence-electron chi connectivity index (χ1n) is 8.18. The van der Waals surface area contributed by atoms with Gasteiger partial charge in [-0.25, -0.2) is 8.87 Å². The van der Waals surface area contributed by atoms with Gasteiger partial charge in [-0.05, 0) is 12.8 Å². The van der Waals surface area contributed by atoms with Gasteiger partial charge in [-0.3, -0.25) is 0 Å². The maximum Gasteiger partial charge on any atom is 0.329 e. The van der Waals surface area contributed by atoms with E-state index in [0.29, 0.717) is 26.7 Å². The number of halogens is 1. The van der Waals surface area contributed by atoms with Crippen molar-refractivity contribution in [3.63, 3.8) is 0 Å². The number of rotatable bonds is 4. The molecule has 0 radical (unpaired) electrons. The Balaban J connectivity index is 1.89. The summed E-state index contributed by atoms with van der Waals surface area (Å²) < 4.78 is 27.3. The summed E-state index contributed by atoms with van der Waals surface area (Å²) in [6.07, 6.45) is 5.73. The number of aromatic nitrogens is 1. The quantitative estimate of drug-likeness (QED) is 0.624. The van der Waals surface area contributed by atoms with Crippen molar-refractivity contribution in [1.82, 2.24) is 4.98 Å². The second-order valence-corrected chi connectivity index (χ2v) is 9.29. The second kappa shape index (κ2) is 5.43. The number of hydrogen-bond donors (Lipinski definition) is 0. The van der Waals surface area contributed by atoms with Gasteiger partial charge in [-0.15, -0.1) is 0 Å².